The Hall–Kier alpha value is -1.35. The quantitative estimate of drug-likeness (QED) is 0.857. The number of carbonyl (C=O) groups excluding carboxylic acids is 1. The van der Waals surface area contributed by atoms with E-state index in [1.165, 1.54) is 5.56 Å². The van der Waals surface area contributed by atoms with Crippen molar-refractivity contribution in [2.45, 2.75) is 45.2 Å². The van der Waals surface area contributed by atoms with E-state index in [1.807, 2.05) is 24.3 Å². The number of carbonyl (C=O) groups is 1. The first-order valence-electron chi connectivity index (χ1n) is 6.82. The predicted molar refractivity (Wildman–Crippen MR) is 73.8 cm³/mol. The van der Waals surface area contributed by atoms with Gasteiger partial charge in [0, 0.05) is 17.6 Å². The molecule has 98 valence electrons. The smallest absolute Gasteiger partial charge is 0.251 e. The molecule has 1 aliphatic heterocycles. The molecule has 1 aliphatic rings. The molecule has 1 aromatic rings. The average molecular weight is 246 g/mol. The lowest BCUT2D eigenvalue weighted by Crippen LogP contribution is -2.46. The van der Waals surface area contributed by atoms with Crippen LogP contribution in [0.4, 0.5) is 0 Å². The van der Waals surface area contributed by atoms with Crippen molar-refractivity contribution in [3.63, 3.8) is 0 Å². The highest BCUT2D eigenvalue weighted by Crippen LogP contribution is 2.10. The summed E-state index contributed by atoms with van der Waals surface area (Å²) in [4.78, 5) is 12.1. The fraction of sp³-hybridized carbons (Fsp3) is 0.533. The minimum absolute atomic E-state index is 0.0525. The number of aryl methyl sites for hydroxylation is 1. The second-order valence-corrected chi connectivity index (χ2v) is 5.10. The van der Waals surface area contributed by atoms with Crippen molar-refractivity contribution in [2.75, 3.05) is 6.54 Å². The third-order valence-electron chi connectivity index (χ3n) is 3.58. The van der Waals surface area contributed by atoms with Crippen molar-refractivity contribution in [1.29, 1.82) is 0 Å². The lowest BCUT2D eigenvalue weighted by atomic mass is 10.00. The van der Waals surface area contributed by atoms with Crippen LogP contribution in [0.2, 0.25) is 0 Å². The maximum absolute atomic E-state index is 12.1. The summed E-state index contributed by atoms with van der Waals surface area (Å²) >= 11 is 0. The Bertz CT molecular complexity index is 399. The summed E-state index contributed by atoms with van der Waals surface area (Å²) in [5.74, 6) is 0.0525. The third kappa shape index (κ3) is 3.33. The Morgan fingerprint density at radius 3 is 2.72 bits per heavy atom. The highest BCUT2D eigenvalue weighted by Gasteiger charge is 2.20. The van der Waals surface area contributed by atoms with Gasteiger partial charge in [0.05, 0.1) is 0 Å². The van der Waals surface area contributed by atoms with Crippen molar-refractivity contribution >= 4 is 5.91 Å². The molecule has 3 nitrogen and oxygen atoms in total. The zero-order valence-electron chi connectivity index (χ0n) is 11.2. The molecule has 1 amide bonds. The topological polar surface area (TPSA) is 41.1 Å². The number of hydrogen-bond acceptors (Lipinski definition) is 2. The largest absolute Gasteiger partial charge is 0.349 e. The Kier molecular flexibility index (Phi) is 4.37. The first kappa shape index (κ1) is 13.1. The number of piperidine rings is 1. The molecule has 0 spiro atoms. The normalized spacial score (nSPS) is 23.7. The molecule has 2 N–H and O–H groups in total. The van der Waals surface area contributed by atoms with E-state index in [9.17, 15) is 4.79 Å². The summed E-state index contributed by atoms with van der Waals surface area (Å²) in [6.07, 6.45) is 3.04. The van der Waals surface area contributed by atoms with Crippen LogP contribution in [0.25, 0.3) is 0 Å². The van der Waals surface area contributed by atoms with Gasteiger partial charge in [-0.1, -0.05) is 19.1 Å². The van der Waals surface area contributed by atoms with Gasteiger partial charge in [-0.15, -0.1) is 0 Å². The number of hydrogen-bond donors (Lipinski definition) is 2. The summed E-state index contributed by atoms with van der Waals surface area (Å²) < 4.78 is 0. The Morgan fingerprint density at radius 1 is 1.39 bits per heavy atom. The predicted octanol–water partition coefficient (Wildman–Crippen LogP) is 2.12. The molecule has 1 fully saturated rings. The average Bonchev–Trinajstić information content (AvgIpc) is 2.39. The van der Waals surface area contributed by atoms with Crippen molar-refractivity contribution < 1.29 is 4.79 Å². The van der Waals surface area contributed by atoms with E-state index in [4.69, 9.17) is 0 Å². The maximum atomic E-state index is 12.1. The molecular formula is C15H22N2O. The Balaban J connectivity index is 1.94. The number of rotatable bonds is 3. The highest BCUT2D eigenvalue weighted by molar-refractivity contribution is 5.94. The van der Waals surface area contributed by atoms with Gasteiger partial charge in [0.15, 0.2) is 0 Å². The molecule has 1 saturated heterocycles. The number of benzene rings is 1. The van der Waals surface area contributed by atoms with E-state index in [0.717, 1.165) is 31.4 Å². The molecule has 18 heavy (non-hydrogen) atoms. The van der Waals surface area contributed by atoms with Crippen LogP contribution in [0.5, 0.6) is 0 Å². The molecule has 0 aliphatic carbocycles. The van der Waals surface area contributed by atoms with Crippen LogP contribution in [-0.2, 0) is 6.42 Å². The van der Waals surface area contributed by atoms with Gasteiger partial charge in [-0.2, -0.15) is 0 Å². The van der Waals surface area contributed by atoms with Gasteiger partial charge in [0.1, 0.15) is 0 Å². The molecule has 2 unspecified atom stereocenters. The Morgan fingerprint density at radius 2 is 2.11 bits per heavy atom. The highest BCUT2D eigenvalue weighted by atomic mass is 16.1. The van der Waals surface area contributed by atoms with Crippen molar-refractivity contribution in [1.82, 2.24) is 10.6 Å². The van der Waals surface area contributed by atoms with Gasteiger partial charge in [-0.25, -0.2) is 0 Å². The zero-order valence-corrected chi connectivity index (χ0v) is 11.2. The molecule has 2 rings (SSSR count). The monoisotopic (exact) mass is 246 g/mol. The number of amides is 1. The van der Waals surface area contributed by atoms with Crippen molar-refractivity contribution in [3.05, 3.63) is 35.4 Å². The van der Waals surface area contributed by atoms with Crippen LogP contribution in [0.3, 0.4) is 0 Å². The van der Waals surface area contributed by atoms with Gasteiger partial charge >= 0.3 is 0 Å². The minimum Gasteiger partial charge on any atom is -0.349 e. The van der Waals surface area contributed by atoms with Gasteiger partial charge < -0.3 is 10.6 Å². The second kappa shape index (κ2) is 6.01. The van der Waals surface area contributed by atoms with Crippen LogP contribution in [0.15, 0.2) is 24.3 Å². The Labute approximate surface area is 109 Å². The summed E-state index contributed by atoms with van der Waals surface area (Å²) in [5, 5.41) is 6.51. The third-order valence-corrected chi connectivity index (χ3v) is 3.58. The summed E-state index contributed by atoms with van der Waals surface area (Å²) in [6.45, 7) is 5.26. The lowest BCUT2D eigenvalue weighted by Gasteiger charge is -2.28. The van der Waals surface area contributed by atoms with Crippen LogP contribution < -0.4 is 10.6 Å². The molecule has 0 aromatic heterocycles. The number of nitrogens with one attached hydrogen (secondary N) is 2. The van der Waals surface area contributed by atoms with Gasteiger partial charge in [0.2, 0.25) is 0 Å². The van der Waals surface area contributed by atoms with Crippen molar-refractivity contribution in [3.8, 4) is 0 Å². The van der Waals surface area contributed by atoms with Crippen LogP contribution in [0, 0.1) is 0 Å². The first-order valence-corrected chi connectivity index (χ1v) is 6.82. The van der Waals surface area contributed by atoms with Gasteiger partial charge in [0.25, 0.3) is 5.91 Å². The molecule has 0 bridgehead atoms. The lowest BCUT2D eigenvalue weighted by molar-refractivity contribution is 0.0925. The van der Waals surface area contributed by atoms with E-state index in [0.29, 0.717) is 12.1 Å². The van der Waals surface area contributed by atoms with Crippen LogP contribution in [-0.4, -0.2) is 24.5 Å². The second-order valence-electron chi connectivity index (χ2n) is 5.10. The summed E-state index contributed by atoms with van der Waals surface area (Å²) in [6, 6.07) is 8.68. The SMILES string of the molecule is CCc1ccc(C(=O)NC2CCNC(C)C2)cc1. The fourth-order valence-electron chi connectivity index (χ4n) is 2.42. The molecule has 1 aromatic carbocycles. The molecule has 2 atom stereocenters. The molecule has 0 radical (unpaired) electrons. The minimum atomic E-state index is 0.0525. The van der Waals surface area contributed by atoms with Gasteiger partial charge in [-0.3, -0.25) is 4.79 Å². The van der Waals surface area contributed by atoms with Crippen LogP contribution in [0.1, 0.15) is 42.6 Å². The zero-order chi connectivity index (χ0) is 13.0. The van der Waals surface area contributed by atoms with Crippen molar-refractivity contribution in [2.24, 2.45) is 0 Å². The van der Waals surface area contributed by atoms with E-state index >= 15 is 0 Å². The first-order chi connectivity index (χ1) is 8.69. The fourth-order valence-corrected chi connectivity index (χ4v) is 2.42. The van der Waals surface area contributed by atoms with E-state index in [2.05, 4.69) is 24.5 Å². The van der Waals surface area contributed by atoms with E-state index < -0.39 is 0 Å². The summed E-state index contributed by atoms with van der Waals surface area (Å²) in [7, 11) is 0. The standard InChI is InChI=1S/C15H22N2O/c1-3-12-4-6-13(7-5-12)15(18)17-14-8-9-16-11(2)10-14/h4-7,11,14,16H,3,8-10H2,1-2H3,(H,17,18). The summed E-state index contributed by atoms with van der Waals surface area (Å²) in [5.41, 5.74) is 2.03. The van der Waals surface area contributed by atoms with E-state index in [-0.39, 0.29) is 5.91 Å². The molecular weight excluding hydrogens is 224 g/mol. The molecule has 3 heteroatoms. The van der Waals surface area contributed by atoms with Crippen LogP contribution >= 0.6 is 0 Å². The maximum Gasteiger partial charge on any atom is 0.251 e. The molecule has 1 heterocycles. The molecule has 0 saturated carbocycles. The van der Waals surface area contributed by atoms with Gasteiger partial charge in [-0.05, 0) is 50.4 Å². The van der Waals surface area contributed by atoms with E-state index in [1.54, 1.807) is 0 Å².